The number of halogens is 6. The summed E-state index contributed by atoms with van der Waals surface area (Å²) >= 11 is 0. The molecular weight excluding hydrogens is 345 g/mol. The van der Waals surface area contributed by atoms with E-state index in [9.17, 15) is 25.2 Å². The second-order valence-corrected chi connectivity index (χ2v) is 9.43. The van der Waals surface area contributed by atoms with Gasteiger partial charge >= 0.3 is 33.0 Å². The molecule has 0 saturated heterocycles. The van der Waals surface area contributed by atoms with Gasteiger partial charge in [-0.25, -0.2) is 0 Å². The van der Waals surface area contributed by atoms with Crippen molar-refractivity contribution in [3.8, 4) is 0 Å². The Hall–Kier alpha value is -0.920. The van der Waals surface area contributed by atoms with Gasteiger partial charge in [-0.3, -0.25) is 0 Å². The van der Waals surface area contributed by atoms with Crippen LogP contribution in [-0.2, 0) is 11.1 Å². The van der Waals surface area contributed by atoms with Gasteiger partial charge in [0.1, 0.15) is 16.3 Å². The van der Waals surface area contributed by atoms with Crippen LogP contribution in [0.4, 0.5) is 25.2 Å². The Morgan fingerprint density at radius 3 is 2.00 bits per heavy atom. The molecule has 3 rings (SSSR count). The normalized spacial score (nSPS) is 27.8. The molecule has 0 unspecified atom stereocenters. The van der Waals surface area contributed by atoms with Crippen molar-refractivity contribution < 1.29 is 29.9 Å². The SMILES string of the molecule is CC1(C)CCC2CCC(C)(C)[n+]3nnn1c32.F[P-](F)(F)(F)(F)F. The molecule has 0 radical (unpaired) electrons. The van der Waals surface area contributed by atoms with Crippen molar-refractivity contribution in [3.05, 3.63) is 5.82 Å². The van der Waals surface area contributed by atoms with Gasteiger partial charge < -0.3 is 0 Å². The maximum atomic E-state index is 9.87. The van der Waals surface area contributed by atoms with Crippen LogP contribution in [0.2, 0.25) is 0 Å². The van der Waals surface area contributed by atoms with Gasteiger partial charge in [0.15, 0.2) is 5.21 Å². The molecule has 0 fully saturated rings. The number of hydrogen-bond donors (Lipinski definition) is 0. The van der Waals surface area contributed by atoms with Gasteiger partial charge in [0.05, 0.1) is 5.92 Å². The van der Waals surface area contributed by atoms with Crippen LogP contribution in [0.3, 0.4) is 0 Å². The molecule has 0 spiro atoms. The van der Waals surface area contributed by atoms with E-state index in [4.69, 9.17) is 0 Å². The molecule has 2 aliphatic heterocycles. The molecule has 0 aromatic carbocycles. The number of tetrazole rings is 1. The zero-order valence-electron chi connectivity index (χ0n) is 13.4. The predicted molar refractivity (Wildman–Crippen MR) is 73.6 cm³/mol. The predicted octanol–water partition coefficient (Wildman–Crippen LogP) is 5.09. The first-order valence-electron chi connectivity index (χ1n) is 7.32. The standard InChI is InChI=1S/C12H21N4.F6P/c1-11(2)7-5-9-6-8-12(3,4)16-10(9)15(11)13-14-16;1-7(2,3,4,5)6/h9H,5-8H2,1-4H3;/q+1;-1. The summed E-state index contributed by atoms with van der Waals surface area (Å²) in [5.74, 6) is 2.03. The van der Waals surface area contributed by atoms with Crippen molar-refractivity contribution in [2.45, 2.75) is 70.4 Å². The summed E-state index contributed by atoms with van der Waals surface area (Å²) in [4.78, 5) is 0. The first-order chi connectivity index (χ1) is 9.87. The fourth-order valence-electron chi connectivity index (χ4n) is 3.14. The molecule has 11 heteroatoms. The Labute approximate surface area is 130 Å². The number of nitrogens with zero attached hydrogens (tertiary/aromatic N) is 4. The van der Waals surface area contributed by atoms with Crippen molar-refractivity contribution in [2.24, 2.45) is 0 Å². The van der Waals surface area contributed by atoms with Gasteiger partial charge in [0.25, 0.3) is 5.82 Å². The van der Waals surface area contributed by atoms with Gasteiger partial charge in [-0.2, -0.15) is 0 Å². The summed E-state index contributed by atoms with van der Waals surface area (Å²) in [6, 6.07) is 0. The molecule has 0 aliphatic carbocycles. The van der Waals surface area contributed by atoms with Crippen molar-refractivity contribution in [1.82, 2.24) is 15.1 Å². The maximum absolute atomic E-state index is 10.7. The second-order valence-electron chi connectivity index (χ2n) is 7.52. The van der Waals surface area contributed by atoms with E-state index in [1.165, 1.54) is 31.5 Å². The molecule has 1 aromatic heterocycles. The Kier molecular flexibility index (Phi) is 3.50. The molecule has 1 aromatic rings. The van der Waals surface area contributed by atoms with E-state index in [2.05, 4.69) is 47.5 Å². The molecule has 4 nitrogen and oxygen atoms in total. The molecule has 0 saturated carbocycles. The minimum absolute atomic E-state index is 0.136. The van der Waals surface area contributed by atoms with Crippen LogP contribution < -0.4 is 4.68 Å². The van der Waals surface area contributed by atoms with Crippen molar-refractivity contribution in [3.63, 3.8) is 0 Å². The van der Waals surface area contributed by atoms with E-state index < -0.39 is 7.81 Å². The van der Waals surface area contributed by atoms with Gasteiger partial charge in [-0.1, -0.05) is 4.68 Å². The summed E-state index contributed by atoms with van der Waals surface area (Å²) in [6.07, 6.45) is 5.01. The fraction of sp³-hybridized carbons (Fsp3) is 0.917. The molecule has 3 heterocycles. The van der Waals surface area contributed by atoms with Crippen LogP contribution in [0.25, 0.3) is 0 Å². The van der Waals surface area contributed by atoms with Crippen LogP contribution >= 0.6 is 7.81 Å². The van der Waals surface area contributed by atoms with E-state index in [-0.39, 0.29) is 11.1 Å². The van der Waals surface area contributed by atoms with Gasteiger partial charge in [0.2, 0.25) is 0 Å². The number of aromatic nitrogens is 4. The summed E-state index contributed by atoms with van der Waals surface area (Å²) < 4.78 is 63.5. The Morgan fingerprint density at radius 1 is 1.00 bits per heavy atom. The van der Waals surface area contributed by atoms with Crippen LogP contribution in [-0.4, -0.2) is 15.1 Å². The zero-order valence-corrected chi connectivity index (χ0v) is 14.3. The van der Waals surface area contributed by atoms with E-state index in [1.54, 1.807) is 0 Å². The minimum atomic E-state index is -10.7. The molecule has 0 bridgehead atoms. The van der Waals surface area contributed by atoms with Crippen molar-refractivity contribution in [1.29, 1.82) is 0 Å². The third-order valence-corrected chi connectivity index (χ3v) is 4.37. The molecule has 23 heavy (non-hydrogen) atoms. The Balaban J connectivity index is 0.000000236. The third-order valence-electron chi connectivity index (χ3n) is 4.37. The van der Waals surface area contributed by atoms with Crippen molar-refractivity contribution >= 4 is 7.81 Å². The van der Waals surface area contributed by atoms with E-state index in [1.807, 2.05) is 0 Å². The molecule has 0 amide bonds. The molecular formula is C12H21F6N4P. The monoisotopic (exact) mass is 366 g/mol. The fourth-order valence-corrected chi connectivity index (χ4v) is 3.14. The summed E-state index contributed by atoms with van der Waals surface area (Å²) in [5.41, 5.74) is 0.273. The number of hydrogen-bond acceptors (Lipinski definition) is 2. The first-order valence-corrected chi connectivity index (χ1v) is 9.35. The van der Waals surface area contributed by atoms with E-state index in [0.29, 0.717) is 5.92 Å². The zero-order chi connectivity index (χ0) is 18.0. The summed E-state index contributed by atoms with van der Waals surface area (Å²) in [5, 5.41) is 8.79. The number of rotatable bonds is 0. The van der Waals surface area contributed by atoms with Crippen LogP contribution in [0.5, 0.6) is 0 Å². The Bertz CT molecular complexity index is 570. The van der Waals surface area contributed by atoms with Crippen LogP contribution in [0.15, 0.2) is 0 Å². The molecule has 2 aliphatic rings. The van der Waals surface area contributed by atoms with E-state index >= 15 is 0 Å². The van der Waals surface area contributed by atoms with E-state index in [0.717, 1.165) is 0 Å². The summed E-state index contributed by atoms with van der Waals surface area (Å²) in [6.45, 7) is 9.06. The quantitative estimate of drug-likeness (QED) is 0.364. The third kappa shape index (κ3) is 4.78. The average molecular weight is 366 g/mol. The van der Waals surface area contributed by atoms with Crippen molar-refractivity contribution in [2.75, 3.05) is 0 Å². The molecule has 0 atom stereocenters. The molecule has 0 N–H and O–H groups in total. The first kappa shape index (κ1) is 18.4. The van der Waals surface area contributed by atoms with Gasteiger partial charge in [0, 0.05) is 0 Å². The Morgan fingerprint density at radius 2 is 1.48 bits per heavy atom. The topological polar surface area (TPSA) is 34.6 Å². The van der Waals surface area contributed by atoms with Gasteiger partial charge in [-0.15, -0.1) is 4.68 Å². The van der Waals surface area contributed by atoms with Gasteiger partial charge in [-0.05, 0) is 53.4 Å². The van der Waals surface area contributed by atoms with Crippen LogP contribution in [0.1, 0.15) is 65.1 Å². The summed E-state index contributed by atoms with van der Waals surface area (Å²) in [7, 11) is -10.7. The second kappa shape index (κ2) is 4.37. The molecule has 136 valence electrons. The average Bonchev–Trinajstić information content (AvgIpc) is 2.69. The van der Waals surface area contributed by atoms with Crippen LogP contribution in [0, 0.1) is 0 Å².